The van der Waals surface area contributed by atoms with Gasteiger partial charge in [0.05, 0.1) is 15.1 Å². The van der Waals surface area contributed by atoms with Gasteiger partial charge in [-0.1, -0.05) is 76.2 Å². The van der Waals surface area contributed by atoms with Gasteiger partial charge in [-0.15, -0.1) is 0 Å². The second-order valence-corrected chi connectivity index (χ2v) is 9.97. The quantitative estimate of drug-likeness (QED) is 0.149. The van der Waals surface area contributed by atoms with Crippen LogP contribution in [0.3, 0.4) is 0 Å². The number of aromatic amines is 1. The molecule has 0 bridgehead atoms. The van der Waals surface area contributed by atoms with Crippen molar-refractivity contribution >= 4 is 81.0 Å². The summed E-state index contributed by atoms with van der Waals surface area (Å²) in [6.07, 6.45) is 1.04. The monoisotopic (exact) mass is 550 g/mol. The molecule has 0 aliphatic heterocycles. The number of amides is 1. The number of halogens is 5. The summed E-state index contributed by atoms with van der Waals surface area (Å²) in [5.41, 5.74) is 0.871. The number of fused-ring (bicyclic) bond motifs is 1. The van der Waals surface area contributed by atoms with Crippen LogP contribution < -0.4 is 10.1 Å². The van der Waals surface area contributed by atoms with Crippen molar-refractivity contribution in [2.45, 2.75) is 38.8 Å². The molecule has 3 rings (SSSR count). The maximum absolute atomic E-state index is 13.1. The molecule has 1 atom stereocenters. The van der Waals surface area contributed by atoms with Crippen LogP contribution in [-0.4, -0.2) is 28.7 Å². The number of benzene rings is 2. The summed E-state index contributed by atoms with van der Waals surface area (Å²) in [7, 11) is 0. The lowest BCUT2D eigenvalue weighted by Crippen LogP contribution is -2.46. The normalized spacial score (nSPS) is 12.5. The van der Waals surface area contributed by atoms with Crippen LogP contribution in [0.1, 0.15) is 26.3 Å². The first kappa shape index (κ1) is 25.8. The van der Waals surface area contributed by atoms with Crippen LogP contribution in [0, 0.1) is 0 Å². The van der Waals surface area contributed by atoms with Gasteiger partial charge in [-0.05, 0) is 32.4 Å². The van der Waals surface area contributed by atoms with Crippen molar-refractivity contribution < 1.29 is 19.1 Å². The minimum atomic E-state index is -1.15. The van der Waals surface area contributed by atoms with E-state index in [0.717, 1.165) is 16.5 Å². The molecule has 0 saturated carbocycles. The number of carbonyl (C=O) groups is 2. The Bertz CT molecular complexity index is 1190. The smallest absolute Gasteiger partial charge is 0.408 e. The molecular weight excluding hydrogens is 534 g/mol. The Kier molecular flexibility index (Phi) is 7.97. The molecule has 1 amide bonds. The first-order valence-corrected chi connectivity index (χ1v) is 11.6. The molecule has 11 heteroatoms. The molecule has 33 heavy (non-hydrogen) atoms. The lowest BCUT2D eigenvalue weighted by atomic mass is 10.1. The van der Waals surface area contributed by atoms with Gasteiger partial charge in [0.2, 0.25) is 0 Å². The van der Waals surface area contributed by atoms with Gasteiger partial charge in [0, 0.05) is 23.5 Å². The molecule has 0 fully saturated rings. The van der Waals surface area contributed by atoms with E-state index in [-0.39, 0.29) is 37.3 Å². The maximum atomic E-state index is 13.1. The fourth-order valence-corrected chi connectivity index (χ4v) is 4.21. The number of hydrogen-bond acceptors (Lipinski definition) is 4. The van der Waals surface area contributed by atoms with Gasteiger partial charge in [-0.2, -0.15) is 0 Å². The van der Waals surface area contributed by atoms with Crippen LogP contribution in [-0.2, 0) is 16.0 Å². The zero-order valence-electron chi connectivity index (χ0n) is 17.7. The van der Waals surface area contributed by atoms with Crippen molar-refractivity contribution in [3.63, 3.8) is 0 Å². The molecule has 0 aliphatic rings. The highest BCUT2D eigenvalue weighted by molar-refractivity contribution is 6.55. The van der Waals surface area contributed by atoms with Crippen LogP contribution in [0.15, 0.2) is 30.5 Å². The van der Waals surface area contributed by atoms with Gasteiger partial charge in [0.15, 0.2) is 5.75 Å². The Balaban J connectivity index is 1.93. The second-order valence-electron chi connectivity index (χ2n) is 8.08. The minimum Gasteiger partial charge on any atom is -0.444 e. The number of carbonyl (C=O) groups excluding carboxylic acids is 2. The number of hydrogen-bond donors (Lipinski definition) is 2. The third kappa shape index (κ3) is 6.00. The Labute approximate surface area is 215 Å². The number of para-hydroxylation sites is 1. The number of ether oxygens (including phenoxy) is 2. The van der Waals surface area contributed by atoms with E-state index >= 15 is 0 Å². The van der Waals surface area contributed by atoms with Crippen molar-refractivity contribution in [3.8, 4) is 5.75 Å². The number of H-pyrrole nitrogens is 1. The summed E-state index contributed by atoms with van der Waals surface area (Å²) in [4.78, 5) is 28.7. The molecule has 0 saturated heterocycles. The first-order valence-electron chi connectivity index (χ1n) is 9.66. The van der Waals surface area contributed by atoms with Crippen molar-refractivity contribution in [2.24, 2.45) is 0 Å². The fraction of sp³-hybridized carbons (Fsp3) is 0.273. The van der Waals surface area contributed by atoms with Crippen molar-refractivity contribution in [1.29, 1.82) is 0 Å². The average Bonchev–Trinajstić information content (AvgIpc) is 3.15. The number of aromatic nitrogens is 1. The maximum Gasteiger partial charge on any atom is 0.408 e. The Morgan fingerprint density at radius 1 is 0.970 bits per heavy atom. The van der Waals surface area contributed by atoms with Crippen molar-refractivity contribution in [2.75, 3.05) is 0 Å². The highest BCUT2D eigenvalue weighted by Crippen LogP contribution is 2.48. The predicted molar refractivity (Wildman–Crippen MR) is 132 cm³/mol. The number of nitrogens with one attached hydrogen (secondary N) is 2. The average molecular weight is 553 g/mol. The van der Waals surface area contributed by atoms with E-state index in [9.17, 15) is 9.59 Å². The summed E-state index contributed by atoms with van der Waals surface area (Å²) < 4.78 is 10.7. The molecule has 0 aliphatic carbocycles. The van der Waals surface area contributed by atoms with E-state index < -0.39 is 23.7 Å². The summed E-state index contributed by atoms with van der Waals surface area (Å²) >= 11 is 30.5. The van der Waals surface area contributed by atoms with Gasteiger partial charge in [0.1, 0.15) is 21.7 Å². The molecule has 3 aromatic rings. The molecular formula is C22H19Cl5N2O4. The van der Waals surface area contributed by atoms with Gasteiger partial charge in [-0.25, -0.2) is 9.59 Å². The highest BCUT2D eigenvalue weighted by atomic mass is 35.5. The topological polar surface area (TPSA) is 80.4 Å². The zero-order valence-corrected chi connectivity index (χ0v) is 21.5. The summed E-state index contributed by atoms with van der Waals surface area (Å²) in [6, 6.07) is 6.38. The molecule has 176 valence electrons. The standard InChI is InChI=1S/C22H19Cl5N2O4/c1-22(2,3)33-21(31)29-13(8-10-9-28-12-7-5-4-6-11(10)12)20(30)32-19-17(26)15(24)14(23)16(25)18(19)27/h4-7,9,13,28H,8H2,1-3H3,(H,29,31)/t13-/m0/s1. The SMILES string of the molecule is CC(C)(C)OC(=O)N[C@@H](Cc1c[nH]c2ccccc12)C(=O)Oc1c(Cl)c(Cl)c(Cl)c(Cl)c1Cl. The predicted octanol–water partition coefficient (Wildman–Crippen LogP) is 7.48. The molecule has 0 spiro atoms. The summed E-state index contributed by atoms with van der Waals surface area (Å²) in [6.45, 7) is 5.12. The molecule has 1 aromatic heterocycles. The van der Waals surface area contributed by atoms with E-state index in [0.29, 0.717) is 0 Å². The molecule has 0 unspecified atom stereocenters. The fourth-order valence-electron chi connectivity index (χ4n) is 3.01. The largest absolute Gasteiger partial charge is 0.444 e. The van der Waals surface area contributed by atoms with E-state index in [1.54, 1.807) is 27.0 Å². The Morgan fingerprint density at radius 2 is 1.55 bits per heavy atom. The number of esters is 1. The van der Waals surface area contributed by atoms with Gasteiger partial charge < -0.3 is 19.8 Å². The lowest BCUT2D eigenvalue weighted by molar-refractivity contribution is -0.136. The molecule has 2 N–H and O–H groups in total. The third-order valence-electron chi connectivity index (χ3n) is 4.45. The van der Waals surface area contributed by atoms with Crippen LogP contribution >= 0.6 is 58.0 Å². The lowest BCUT2D eigenvalue weighted by Gasteiger charge is -2.23. The number of rotatable bonds is 5. The molecule has 0 radical (unpaired) electrons. The van der Waals surface area contributed by atoms with Gasteiger partial charge in [0.25, 0.3) is 0 Å². The summed E-state index contributed by atoms with van der Waals surface area (Å²) in [5.74, 6) is -1.12. The Morgan fingerprint density at radius 3 is 2.15 bits per heavy atom. The van der Waals surface area contributed by atoms with E-state index in [1.807, 2.05) is 24.3 Å². The van der Waals surface area contributed by atoms with E-state index in [4.69, 9.17) is 67.5 Å². The minimum absolute atomic E-state index is 0.0737. The first-order chi connectivity index (χ1) is 15.4. The van der Waals surface area contributed by atoms with Crippen LogP contribution in [0.25, 0.3) is 10.9 Å². The number of alkyl carbamates (subject to hydrolysis) is 1. The zero-order chi connectivity index (χ0) is 24.5. The highest BCUT2D eigenvalue weighted by Gasteiger charge is 2.30. The van der Waals surface area contributed by atoms with Crippen LogP contribution in [0.5, 0.6) is 5.75 Å². The Hall–Kier alpha value is -1.83. The molecule has 2 aromatic carbocycles. The van der Waals surface area contributed by atoms with E-state index in [2.05, 4.69) is 10.3 Å². The van der Waals surface area contributed by atoms with E-state index in [1.165, 1.54) is 0 Å². The van der Waals surface area contributed by atoms with Crippen molar-refractivity contribution in [1.82, 2.24) is 10.3 Å². The molecule has 1 heterocycles. The summed E-state index contributed by atoms with van der Waals surface area (Å²) in [5, 5.41) is 2.74. The third-order valence-corrected chi connectivity index (χ3v) is 6.69. The molecule has 6 nitrogen and oxygen atoms in total. The second kappa shape index (κ2) is 10.2. The van der Waals surface area contributed by atoms with Crippen LogP contribution in [0.4, 0.5) is 4.79 Å². The van der Waals surface area contributed by atoms with Crippen molar-refractivity contribution in [3.05, 3.63) is 61.1 Å². The van der Waals surface area contributed by atoms with Gasteiger partial charge in [-0.3, -0.25) is 0 Å². The van der Waals surface area contributed by atoms with Gasteiger partial charge >= 0.3 is 12.1 Å². The van der Waals surface area contributed by atoms with Crippen LogP contribution in [0.2, 0.25) is 25.1 Å².